The van der Waals surface area contributed by atoms with Crippen molar-refractivity contribution in [2.45, 2.75) is 38.1 Å². The summed E-state index contributed by atoms with van der Waals surface area (Å²) in [5, 5.41) is 7.18. The Hall–Kier alpha value is -0.940. The fraction of sp³-hybridized carbons (Fsp3) is 0.833. The minimum Gasteiger partial charge on any atom is -0.338 e. The third-order valence-corrected chi connectivity index (χ3v) is 3.37. The van der Waals surface area contributed by atoms with E-state index in [9.17, 15) is 0 Å². The predicted octanol–water partition coefficient (Wildman–Crippen LogP) is 1.38. The number of aromatic nitrogens is 2. The van der Waals surface area contributed by atoms with Gasteiger partial charge in [-0.15, -0.1) is 0 Å². The lowest BCUT2D eigenvalue weighted by Crippen LogP contribution is -2.29. The second-order valence-electron chi connectivity index (χ2n) is 4.75. The lowest BCUT2D eigenvalue weighted by molar-refractivity contribution is 0.150. The average Bonchev–Trinajstić information content (AvgIpc) is 2.79. The maximum atomic E-state index is 5.38. The summed E-state index contributed by atoms with van der Waals surface area (Å²) in [5.74, 6) is 1.64. The van der Waals surface area contributed by atoms with E-state index in [1.54, 1.807) is 0 Å². The molecule has 0 amide bonds. The van der Waals surface area contributed by atoms with Gasteiger partial charge in [0, 0.05) is 6.42 Å². The first-order valence-corrected chi connectivity index (χ1v) is 6.48. The molecule has 1 aromatic heterocycles. The van der Waals surface area contributed by atoms with E-state index in [0.717, 1.165) is 44.1 Å². The van der Waals surface area contributed by atoms with Crippen LogP contribution in [0.2, 0.25) is 0 Å². The summed E-state index contributed by atoms with van der Waals surface area (Å²) in [4.78, 5) is 6.82. The summed E-state index contributed by atoms with van der Waals surface area (Å²) in [6.45, 7) is 2.12. The number of likely N-dealkylation sites (tertiary alicyclic amines) is 1. The van der Waals surface area contributed by atoms with Crippen molar-refractivity contribution < 1.29 is 4.52 Å². The van der Waals surface area contributed by atoms with E-state index in [1.807, 2.05) is 7.05 Å². The molecule has 1 saturated heterocycles. The zero-order valence-electron chi connectivity index (χ0n) is 10.8. The first-order chi connectivity index (χ1) is 8.31. The molecule has 1 unspecified atom stereocenters. The Morgan fingerprint density at radius 1 is 1.47 bits per heavy atom. The summed E-state index contributed by atoms with van der Waals surface area (Å²) < 4.78 is 5.38. The molecule has 5 nitrogen and oxygen atoms in total. The molecule has 1 N–H and O–H groups in total. The SMILES string of the molecule is CNCCCc1noc(C2CCCCN2C)n1. The maximum absolute atomic E-state index is 5.38. The van der Waals surface area contributed by atoms with E-state index >= 15 is 0 Å². The molecular weight excluding hydrogens is 216 g/mol. The van der Waals surface area contributed by atoms with Crippen molar-refractivity contribution >= 4 is 0 Å². The van der Waals surface area contributed by atoms with E-state index in [1.165, 1.54) is 12.8 Å². The first-order valence-electron chi connectivity index (χ1n) is 6.48. The summed E-state index contributed by atoms with van der Waals surface area (Å²) in [6.07, 6.45) is 5.61. The van der Waals surface area contributed by atoms with Crippen molar-refractivity contribution in [3.05, 3.63) is 11.7 Å². The predicted molar refractivity (Wildman–Crippen MR) is 65.8 cm³/mol. The Morgan fingerprint density at radius 2 is 2.35 bits per heavy atom. The molecular formula is C12H22N4O. The molecule has 1 aromatic rings. The van der Waals surface area contributed by atoms with E-state index in [0.29, 0.717) is 6.04 Å². The van der Waals surface area contributed by atoms with Gasteiger partial charge >= 0.3 is 0 Å². The number of rotatable bonds is 5. The van der Waals surface area contributed by atoms with Crippen LogP contribution in [0.15, 0.2) is 4.52 Å². The molecule has 17 heavy (non-hydrogen) atoms. The lowest BCUT2D eigenvalue weighted by Gasteiger charge is -2.29. The Kier molecular flexibility index (Phi) is 4.50. The van der Waals surface area contributed by atoms with Gasteiger partial charge in [0.1, 0.15) is 0 Å². The highest BCUT2D eigenvalue weighted by Crippen LogP contribution is 2.28. The summed E-state index contributed by atoms with van der Waals surface area (Å²) >= 11 is 0. The third-order valence-electron chi connectivity index (χ3n) is 3.37. The minimum absolute atomic E-state index is 0.328. The van der Waals surface area contributed by atoms with Gasteiger partial charge in [0.15, 0.2) is 5.82 Å². The van der Waals surface area contributed by atoms with Crippen LogP contribution in [0.25, 0.3) is 0 Å². The summed E-state index contributed by atoms with van der Waals surface area (Å²) in [7, 11) is 4.09. The smallest absolute Gasteiger partial charge is 0.243 e. The van der Waals surface area contributed by atoms with Crippen LogP contribution in [0, 0.1) is 0 Å². The standard InChI is InChI=1S/C12H22N4O/c1-13-8-5-7-11-14-12(17-15-11)10-6-3-4-9-16(10)2/h10,13H,3-9H2,1-2H3. The molecule has 5 heteroatoms. The lowest BCUT2D eigenvalue weighted by atomic mass is 10.0. The molecule has 2 heterocycles. The fourth-order valence-corrected chi connectivity index (χ4v) is 2.31. The van der Waals surface area contributed by atoms with Gasteiger partial charge in [-0.1, -0.05) is 11.6 Å². The van der Waals surface area contributed by atoms with Gasteiger partial charge in [-0.25, -0.2) is 0 Å². The van der Waals surface area contributed by atoms with Crippen molar-refractivity contribution in [3.8, 4) is 0 Å². The molecule has 96 valence electrons. The van der Waals surface area contributed by atoms with Crippen LogP contribution >= 0.6 is 0 Å². The highest BCUT2D eigenvalue weighted by atomic mass is 16.5. The number of nitrogens with one attached hydrogen (secondary N) is 1. The van der Waals surface area contributed by atoms with Crippen molar-refractivity contribution in [3.63, 3.8) is 0 Å². The van der Waals surface area contributed by atoms with Gasteiger partial charge in [0.25, 0.3) is 0 Å². The quantitative estimate of drug-likeness (QED) is 0.785. The normalized spacial score (nSPS) is 21.9. The Labute approximate surface area is 103 Å². The molecule has 0 radical (unpaired) electrons. The van der Waals surface area contributed by atoms with Crippen LogP contribution in [0.1, 0.15) is 43.4 Å². The number of hydrogen-bond donors (Lipinski definition) is 1. The van der Waals surface area contributed by atoms with Crippen molar-refractivity contribution in [1.29, 1.82) is 0 Å². The van der Waals surface area contributed by atoms with E-state index in [4.69, 9.17) is 4.52 Å². The van der Waals surface area contributed by atoms with Crippen molar-refractivity contribution in [2.75, 3.05) is 27.2 Å². The van der Waals surface area contributed by atoms with Gasteiger partial charge in [-0.3, -0.25) is 4.90 Å². The highest BCUT2D eigenvalue weighted by molar-refractivity contribution is 4.95. The van der Waals surface area contributed by atoms with Crippen molar-refractivity contribution in [1.82, 2.24) is 20.4 Å². The molecule has 1 fully saturated rings. The Morgan fingerprint density at radius 3 is 3.12 bits per heavy atom. The Bertz CT molecular complexity index is 339. The van der Waals surface area contributed by atoms with E-state index in [-0.39, 0.29) is 0 Å². The molecule has 1 atom stereocenters. The molecule has 1 aliphatic rings. The molecule has 0 saturated carbocycles. The van der Waals surface area contributed by atoms with Gasteiger partial charge in [-0.2, -0.15) is 4.98 Å². The summed E-state index contributed by atoms with van der Waals surface area (Å²) in [6, 6.07) is 0.328. The number of hydrogen-bond acceptors (Lipinski definition) is 5. The maximum Gasteiger partial charge on any atom is 0.243 e. The monoisotopic (exact) mass is 238 g/mol. The second kappa shape index (κ2) is 6.12. The molecule has 1 aliphatic heterocycles. The number of piperidine rings is 1. The molecule has 0 aliphatic carbocycles. The number of aryl methyl sites for hydroxylation is 1. The van der Waals surface area contributed by atoms with Gasteiger partial charge in [-0.05, 0) is 46.4 Å². The highest BCUT2D eigenvalue weighted by Gasteiger charge is 2.25. The molecule has 0 bridgehead atoms. The van der Waals surface area contributed by atoms with Crippen LogP contribution in [-0.4, -0.2) is 42.2 Å². The molecule has 2 rings (SSSR count). The minimum atomic E-state index is 0.328. The Balaban J connectivity index is 1.92. The van der Waals surface area contributed by atoms with Gasteiger partial charge in [0.05, 0.1) is 6.04 Å². The fourth-order valence-electron chi connectivity index (χ4n) is 2.31. The molecule has 0 spiro atoms. The van der Waals surface area contributed by atoms with Crippen molar-refractivity contribution in [2.24, 2.45) is 0 Å². The molecule has 0 aromatic carbocycles. The first kappa shape index (κ1) is 12.5. The summed E-state index contributed by atoms with van der Waals surface area (Å²) in [5.41, 5.74) is 0. The van der Waals surface area contributed by atoms with E-state index in [2.05, 4.69) is 27.4 Å². The van der Waals surface area contributed by atoms with Crippen LogP contribution < -0.4 is 5.32 Å². The largest absolute Gasteiger partial charge is 0.338 e. The van der Waals surface area contributed by atoms with E-state index < -0.39 is 0 Å². The number of nitrogens with zero attached hydrogens (tertiary/aromatic N) is 3. The van der Waals surface area contributed by atoms with Crippen LogP contribution in [-0.2, 0) is 6.42 Å². The van der Waals surface area contributed by atoms with Crippen LogP contribution in [0.4, 0.5) is 0 Å². The second-order valence-corrected chi connectivity index (χ2v) is 4.75. The van der Waals surface area contributed by atoms with Crippen LogP contribution in [0.3, 0.4) is 0 Å². The topological polar surface area (TPSA) is 54.2 Å². The zero-order chi connectivity index (χ0) is 12.1. The zero-order valence-corrected chi connectivity index (χ0v) is 10.8. The third kappa shape index (κ3) is 3.26. The van der Waals surface area contributed by atoms with Crippen LogP contribution in [0.5, 0.6) is 0 Å². The van der Waals surface area contributed by atoms with Gasteiger partial charge in [0.2, 0.25) is 5.89 Å². The average molecular weight is 238 g/mol. The van der Waals surface area contributed by atoms with Gasteiger partial charge < -0.3 is 9.84 Å².